The van der Waals surface area contributed by atoms with Crippen LogP contribution < -0.4 is 10.6 Å². The summed E-state index contributed by atoms with van der Waals surface area (Å²) in [6.07, 6.45) is -3.25. The standard InChI is InChI=1S/C21H20F3N3O/c1-13(2)18-6-4-5-14(3)19(18)27-20(28)15(11-25)12-26-17-9-7-16(8-10-17)21(22,23)24/h4-10,12-13,26H,1-3H3,(H,27,28)/b15-12-. The van der Waals surface area contributed by atoms with Crippen molar-refractivity contribution in [1.82, 2.24) is 0 Å². The maximum atomic E-state index is 12.6. The minimum absolute atomic E-state index is 0.176. The van der Waals surface area contributed by atoms with Crippen LogP contribution in [0.3, 0.4) is 0 Å². The van der Waals surface area contributed by atoms with E-state index >= 15 is 0 Å². The predicted molar refractivity (Wildman–Crippen MR) is 103 cm³/mol. The van der Waals surface area contributed by atoms with E-state index in [1.165, 1.54) is 18.3 Å². The van der Waals surface area contributed by atoms with E-state index in [4.69, 9.17) is 0 Å². The van der Waals surface area contributed by atoms with Crippen LogP contribution in [0.4, 0.5) is 24.5 Å². The Hall–Kier alpha value is -3.27. The predicted octanol–water partition coefficient (Wildman–Crippen LogP) is 5.60. The molecule has 0 fully saturated rings. The average molecular weight is 387 g/mol. The van der Waals surface area contributed by atoms with Gasteiger partial charge in [-0.05, 0) is 48.2 Å². The molecule has 4 nitrogen and oxygen atoms in total. The zero-order valence-corrected chi connectivity index (χ0v) is 15.7. The molecule has 1 amide bonds. The smallest absolute Gasteiger partial charge is 0.360 e. The van der Waals surface area contributed by atoms with Crippen LogP contribution in [0.5, 0.6) is 0 Å². The summed E-state index contributed by atoms with van der Waals surface area (Å²) in [5.74, 6) is -0.423. The van der Waals surface area contributed by atoms with Crippen LogP contribution in [0.25, 0.3) is 0 Å². The fraction of sp³-hybridized carbons (Fsp3) is 0.238. The molecule has 0 bridgehead atoms. The summed E-state index contributed by atoms with van der Waals surface area (Å²) < 4.78 is 37.8. The van der Waals surface area contributed by atoms with Crippen molar-refractivity contribution in [2.75, 3.05) is 10.6 Å². The molecule has 0 atom stereocenters. The second-order valence-electron chi connectivity index (χ2n) is 6.54. The van der Waals surface area contributed by atoms with Gasteiger partial charge in [0.1, 0.15) is 11.6 Å². The number of nitrogens with one attached hydrogen (secondary N) is 2. The van der Waals surface area contributed by atoms with Gasteiger partial charge in [-0.25, -0.2) is 0 Å². The normalized spacial score (nSPS) is 11.9. The Bertz CT molecular complexity index is 923. The van der Waals surface area contributed by atoms with E-state index in [0.29, 0.717) is 11.4 Å². The number of hydrogen-bond donors (Lipinski definition) is 2. The molecule has 7 heteroatoms. The second kappa shape index (κ2) is 8.61. The molecule has 146 valence electrons. The van der Waals surface area contributed by atoms with Gasteiger partial charge in [-0.2, -0.15) is 18.4 Å². The number of halogens is 3. The lowest BCUT2D eigenvalue weighted by Crippen LogP contribution is -2.17. The number of rotatable bonds is 5. The second-order valence-corrected chi connectivity index (χ2v) is 6.54. The van der Waals surface area contributed by atoms with Crippen molar-refractivity contribution in [3.8, 4) is 6.07 Å². The first-order chi connectivity index (χ1) is 13.1. The van der Waals surface area contributed by atoms with E-state index in [0.717, 1.165) is 23.3 Å². The van der Waals surface area contributed by atoms with E-state index in [9.17, 15) is 23.2 Å². The summed E-state index contributed by atoms with van der Waals surface area (Å²) >= 11 is 0. The van der Waals surface area contributed by atoms with Crippen LogP contribution in [0, 0.1) is 18.3 Å². The summed E-state index contributed by atoms with van der Waals surface area (Å²) in [6, 6.07) is 11.8. The monoisotopic (exact) mass is 387 g/mol. The third kappa shape index (κ3) is 5.13. The molecule has 2 aromatic rings. The van der Waals surface area contributed by atoms with Gasteiger partial charge in [-0.3, -0.25) is 4.79 Å². The average Bonchev–Trinajstić information content (AvgIpc) is 2.63. The van der Waals surface area contributed by atoms with E-state index < -0.39 is 17.6 Å². The lowest BCUT2D eigenvalue weighted by Gasteiger charge is -2.16. The van der Waals surface area contributed by atoms with Crippen molar-refractivity contribution < 1.29 is 18.0 Å². The van der Waals surface area contributed by atoms with Crippen LogP contribution in [0.2, 0.25) is 0 Å². The number of amides is 1. The molecule has 0 aliphatic rings. The molecule has 2 aromatic carbocycles. The van der Waals surface area contributed by atoms with Crippen molar-refractivity contribution in [2.45, 2.75) is 32.9 Å². The quantitative estimate of drug-likeness (QED) is 0.519. The highest BCUT2D eigenvalue weighted by atomic mass is 19.4. The Kier molecular flexibility index (Phi) is 6.47. The number of carbonyl (C=O) groups excluding carboxylic acids is 1. The molecule has 0 spiro atoms. The summed E-state index contributed by atoms with van der Waals surface area (Å²) in [5.41, 5.74) is 1.82. The molecule has 28 heavy (non-hydrogen) atoms. The van der Waals surface area contributed by atoms with Crippen molar-refractivity contribution in [3.63, 3.8) is 0 Å². The van der Waals surface area contributed by atoms with Gasteiger partial charge in [0.05, 0.1) is 5.56 Å². The fourth-order valence-corrected chi connectivity index (χ4v) is 2.58. The number of alkyl halides is 3. The van der Waals surface area contributed by atoms with Crippen LogP contribution >= 0.6 is 0 Å². The summed E-state index contributed by atoms with van der Waals surface area (Å²) in [4.78, 5) is 12.5. The molecule has 0 saturated heterocycles. The SMILES string of the molecule is Cc1cccc(C(C)C)c1NC(=O)/C(C#N)=C\Nc1ccc(C(F)(F)F)cc1. The number of anilines is 2. The Balaban J connectivity index is 2.17. The van der Waals surface area contributed by atoms with E-state index in [1.807, 2.05) is 39.0 Å². The van der Waals surface area contributed by atoms with Crippen LogP contribution in [-0.4, -0.2) is 5.91 Å². The van der Waals surface area contributed by atoms with Gasteiger partial charge in [-0.15, -0.1) is 0 Å². The first-order valence-corrected chi connectivity index (χ1v) is 8.58. The van der Waals surface area contributed by atoms with E-state index in [2.05, 4.69) is 10.6 Å². The highest BCUT2D eigenvalue weighted by molar-refractivity contribution is 6.07. The van der Waals surface area contributed by atoms with E-state index in [-0.39, 0.29) is 11.5 Å². The first kappa shape index (κ1) is 21.0. The summed E-state index contributed by atoms with van der Waals surface area (Å²) in [6.45, 7) is 5.85. The van der Waals surface area contributed by atoms with Crippen LogP contribution in [-0.2, 0) is 11.0 Å². The first-order valence-electron chi connectivity index (χ1n) is 8.58. The summed E-state index contributed by atoms with van der Waals surface area (Å²) in [5, 5.41) is 14.7. The molecule has 0 heterocycles. The number of aryl methyl sites for hydroxylation is 1. The molecule has 2 N–H and O–H groups in total. The van der Waals surface area contributed by atoms with Crippen LogP contribution in [0.15, 0.2) is 54.2 Å². The molecule has 0 saturated carbocycles. The molecule has 0 aliphatic carbocycles. The van der Waals surface area contributed by atoms with Gasteiger partial charge >= 0.3 is 6.18 Å². The molecule has 0 radical (unpaired) electrons. The highest BCUT2D eigenvalue weighted by Crippen LogP contribution is 2.30. The van der Waals surface area contributed by atoms with Gasteiger partial charge in [0, 0.05) is 17.6 Å². The van der Waals surface area contributed by atoms with Crippen molar-refractivity contribution in [1.29, 1.82) is 5.26 Å². The Labute approximate surface area is 161 Å². The summed E-state index contributed by atoms with van der Waals surface area (Å²) in [7, 11) is 0. The minimum Gasteiger partial charge on any atom is -0.360 e. The number of benzene rings is 2. The van der Waals surface area contributed by atoms with Crippen molar-refractivity contribution >= 4 is 17.3 Å². The molecule has 0 unspecified atom stereocenters. The van der Waals surface area contributed by atoms with Crippen LogP contribution in [0.1, 0.15) is 36.5 Å². The zero-order valence-electron chi connectivity index (χ0n) is 15.7. The highest BCUT2D eigenvalue weighted by Gasteiger charge is 2.29. The zero-order chi connectivity index (χ0) is 20.9. The Morgan fingerprint density at radius 1 is 1.14 bits per heavy atom. The molecule has 0 aromatic heterocycles. The maximum Gasteiger partial charge on any atom is 0.416 e. The van der Waals surface area contributed by atoms with Gasteiger partial charge in [-0.1, -0.05) is 32.0 Å². The van der Waals surface area contributed by atoms with Gasteiger partial charge in [0.2, 0.25) is 0 Å². The molecule has 0 aliphatic heterocycles. The minimum atomic E-state index is -4.42. The number of para-hydroxylation sites is 1. The van der Waals surface area contributed by atoms with Gasteiger partial charge in [0.25, 0.3) is 5.91 Å². The number of hydrogen-bond acceptors (Lipinski definition) is 3. The third-order valence-electron chi connectivity index (χ3n) is 4.13. The van der Waals surface area contributed by atoms with Gasteiger partial charge in [0.15, 0.2) is 0 Å². The molecule has 2 rings (SSSR count). The van der Waals surface area contributed by atoms with Crippen molar-refractivity contribution in [3.05, 3.63) is 70.9 Å². The molecular formula is C21H20F3N3O. The maximum absolute atomic E-state index is 12.6. The van der Waals surface area contributed by atoms with Gasteiger partial charge < -0.3 is 10.6 Å². The fourth-order valence-electron chi connectivity index (χ4n) is 2.58. The number of carbonyl (C=O) groups is 1. The van der Waals surface area contributed by atoms with E-state index in [1.54, 1.807) is 6.07 Å². The lowest BCUT2D eigenvalue weighted by atomic mass is 9.98. The third-order valence-corrected chi connectivity index (χ3v) is 4.13. The molecular weight excluding hydrogens is 367 g/mol. The Morgan fingerprint density at radius 2 is 1.79 bits per heavy atom. The number of nitrogens with zero attached hydrogens (tertiary/aromatic N) is 1. The van der Waals surface area contributed by atoms with Crippen molar-refractivity contribution in [2.24, 2.45) is 0 Å². The number of nitriles is 1. The Morgan fingerprint density at radius 3 is 2.32 bits per heavy atom. The lowest BCUT2D eigenvalue weighted by molar-refractivity contribution is -0.137. The largest absolute Gasteiger partial charge is 0.416 e. The topological polar surface area (TPSA) is 64.9 Å².